The highest BCUT2D eigenvalue weighted by molar-refractivity contribution is 6.30. The van der Waals surface area contributed by atoms with E-state index in [1.54, 1.807) is 6.07 Å². The number of aromatic nitrogens is 2. The predicted molar refractivity (Wildman–Crippen MR) is 118 cm³/mol. The van der Waals surface area contributed by atoms with Gasteiger partial charge in [0.25, 0.3) is 5.91 Å². The molecule has 12 heteroatoms. The minimum Gasteiger partial charge on any atom is -0.480 e. The molecule has 2 amide bonds. The smallest absolute Gasteiger partial charge is 0.325 e. The summed E-state index contributed by atoms with van der Waals surface area (Å²) in [6.45, 7) is -0.605. The summed E-state index contributed by atoms with van der Waals surface area (Å²) >= 11 is 5.73. The second-order valence-corrected chi connectivity index (χ2v) is 8.38. The lowest BCUT2D eigenvalue weighted by atomic mass is 10.1. The van der Waals surface area contributed by atoms with E-state index >= 15 is 0 Å². The molecule has 2 aromatic carbocycles. The summed E-state index contributed by atoms with van der Waals surface area (Å²) in [7, 11) is 0. The van der Waals surface area contributed by atoms with Crippen molar-refractivity contribution in [3.05, 3.63) is 63.8 Å². The molecule has 1 aliphatic carbocycles. The topological polar surface area (TPSA) is 139 Å². The number of nitrogens with two attached hydrogens (primary N) is 1. The maximum atomic E-state index is 14.8. The van der Waals surface area contributed by atoms with E-state index in [0.29, 0.717) is 12.0 Å². The maximum Gasteiger partial charge on any atom is 0.325 e. The monoisotopic (exact) mass is 491 g/mol. The summed E-state index contributed by atoms with van der Waals surface area (Å²) in [6.07, 6.45) is 0.550. The molecule has 1 saturated carbocycles. The second kappa shape index (κ2) is 9.35. The number of halogens is 3. The van der Waals surface area contributed by atoms with Crippen molar-refractivity contribution < 1.29 is 28.3 Å². The van der Waals surface area contributed by atoms with Crippen LogP contribution < -0.4 is 16.4 Å². The van der Waals surface area contributed by atoms with Crippen molar-refractivity contribution in [3.8, 4) is 0 Å². The van der Waals surface area contributed by atoms with Gasteiger partial charge in [-0.1, -0.05) is 23.7 Å². The Morgan fingerprint density at radius 1 is 1.26 bits per heavy atom. The maximum absolute atomic E-state index is 14.8. The molecule has 1 aliphatic rings. The number of benzene rings is 2. The van der Waals surface area contributed by atoms with Gasteiger partial charge < -0.3 is 21.5 Å². The fourth-order valence-corrected chi connectivity index (χ4v) is 4.05. The molecule has 0 bridgehead atoms. The molecule has 34 heavy (non-hydrogen) atoms. The highest BCUT2D eigenvalue weighted by Gasteiger charge is 2.40. The summed E-state index contributed by atoms with van der Waals surface area (Å²) in [6, 6.07) is 6.91. The van der Waals surface area contributed by atoms with Gasteiger partial charge in [0.15, 0.2) is 5.69 Å². The van der Waals surface area contributed by atoms with E-state index in [4.69, 9.17) is 22.4 Å². The average Bonchev–Trinajstić information content (AvgIpc) is 3.47. The Balaban J connectivity index is 1.41. The molecular weight excluding hydrogens is 472 g/mol. The van der Waals surface area contributed by atoms with E-state index in [1.807, 2.05) is 0 Å². The van der Waals surface area contributed by atoms with E-state index in [2.05, 4.69) is 15.7 Å². The first kappa shape index (κ1) is 23.6. The highest BCUT2D eigenvalue weighted by atomic mass is 35.5. The van der Waals surface area contributed by atoms with Crippen LogP contribution in [0.4, 0.5) is 8.78 Å². The molecule has 2 unspecified atom stereocenters. The van der Waals surface area contributed by atoms with Gasteiger partial charge in [0.1, 0.15) is 18.2 Å². The number of carboxylic acids is 1. The standard InChI is InChI=1S/C22H20ClF2N5O4/c23-14-3-1-2-10(20(14)25)7-28-18(31)8-27-16-5-12(16)11-6-17-13(4-15(11)24)21(22(26)34)29-30(17)9-19(32)33/h1-4,6,12,16,27H,5,7-9H2,(H2,26,34)(H,28,31)(H,32,33). The number of rotatable bonds is 9. The largest absolute Gasteiger partial charge is 0.480 e. The average molecular weight is 492 g/mol. The number of carboxylic acid groups (broad SMARTS) is 1. The number of amides is 2. The van der Waals surface area contributed by atoms with Gasteiger partial charge in [-0.15, -0.1) is 0 Å². The number of hydrogen-bond donors (Lipinski definition) is 4. The van der Waals surface area contributed by atoms with Crippen LogP contribution in [0, 0.1) is 11.6 Å². The van der Waals surface area contributed by atoms with Crippen molar-refractivity contribution in [1.82, 2.24) is 20.4 Å². The Morgan fingerprint density at radius 2 is 2.03 bits per heavy atom. The Bertz CT molecular complexity index is 1310. The van der Waals surface area contributed by atoms with Gasteiger partial charge in [-0.2, -0.15) is 5.10 Å². The third-order valence-corrected chi connectivity index (χ3v) is 5.90. The molecular formula is C22H20ClF2N5O4. The van der Waals surface area contributed by atoms with E-state index in [-0.39, 0.29) is 58.1 Å². The zero-order chi connectivity index (χ0) is 24.6. The lowest BCUT2D eigenvalue weighted by molar-refractivity contribution is -0.137. The van der Waals surface area contributed by atoms with Crippen LogP contribution in [-0.2, 0) is 22.7 Å². The van der Waals surface area contributed by atoms with E-state index in [9.17, 15) is 23.2 Å². The first-order valence-electron chi connectivity index (χ1n) is 10.3. The third-order valence-electron chi connectivity index (χ3n) is 5.61. The first-order valence-corrected chi connectivity index (χ1v) is 10.7. The first-order chi connectivity index (χ1) is 16.2. The van der Waals surface area contributed by atoms with E-state index in [0.717, 1.165) is 10.7 Å². The van der Waals surface area contributed by atoms with Crippen LogP contribution in [0.25, 0.3) is 10.9 Å². The van der Waals surface area contributed by atoms with Gasteiger partial charge in [-0.3, -0.25) is 19.1 Å². The zero-order valence-corrected chi connectivity index (χ0v) is 18.4. The Kier molecular flexibility index (Phi) is 6.49. The van der Waals surface area contributed by atoms with Gasteiger partial charge in [0, 0.05) is 29.5 Å². The molecule has 1 aromatic heterocycles. The molecule has 0 spiro atoms. The normalized spacial score (nSPS) is 17.0. The van der Waals surface area contributed by atoms with Crippen LogP contribution in [0.5, 0.6) is 0 Å². The van der Waals surface area contributed by atoms with Gasteiger partial charge in [-0.05, 0) is 30.2 Å². The molecule has 0 saturated heterocycles. The summed E-state index contributed by atoms with van der Waals surface area (Å²) in [5.41, 5.74) is 5.93. The summed E-state index contributed by atoms with van der Waals surface area (Å²) in [5.74, 6) is -3.87. The van der Waals surface area contributed by atoms with Crippen molar-refractivity contribution >= 4 is 40.3 Å². The number of aliphatic carboxylic acids is 1. The summed E-state index contributed by atoms with van der Waals surface area (Å²) < 4.78 is 29.8. The summed E-state index contributed by atoms with van der Waals surface area (Å²) in [4.78, 5) is 34.9. The molecule has 178 valence electrons. The Morgan fingerprint density at radius 3 is 2.74 bits per heavy atom. The van der Waals surface area contributed by atoms with Crippen LogP contribution in [-0.4, -0.2) is 45.3 Å². The van der Waals surface area contributed by atoms with E-state index < -0.39 is 30.1 Å². The number of nitrogens with zero attached hydrogens (tertiary/aromatic N) is 2. The lowest BCUT2D eigenvalue weighted by Crippen LogP contribution is -2.35. The zero-order valence-electron chi connectivity index (χ0n) is 17.6. The third kappa shape index (κ3) is 4.85. The van der Waals surface area contributed by atoms with Crippen molar-refractivity contribution in [1.29, 1.82) is 0 Å². The fourth-order valence-electron chi connectivity index (χ4n) is 3.85. The number of carbonyl (C=O) groups is 3. The lowest BCUT2D eigenvalue weighted by Gasteiger charge is -2.09. The van der Waals surface area contributed by atoms with Crippen molar-refractivity contribution in [2.75, 3.05) is 6.54 Å². The van der Waals surface area contributed by atoms with Crippen molar-refractivity contribution in [2.45, 2.75) is 31.5 Å². The number of carbonyl (C=O) groups excluding carboxylic acids is 2. The van der Waals surface area contributed by atoms with Gasteiger partial charge in [0.2, 0.25) is 5.91 Å². The molecule has 1 heterocycles. The molecule has 5 N–H and O–H groups in total. The second-order valence-electron chi connectivity index (χ2n) is 7.97. The quantitative estimate of drug-likeness (QED) is 0.360. The van der Waals surface area contributed by atoms with Crippen LogP contribution >= 0.6 is 11.6 Å². The van der Waals surface area contributed by atoms with Crippen molar-refractivity contribution in [2.24, 2.45) is 5.73 Å². The van der Waals surface area contributed by atoms with Crippen LogP contribution in [0.2, 0.25) is 5.02 Å². The minimum absolute atomic E-state index is 0.0257. The fraction of sp³-hybridized carbons (Fsp3) is 0.273. The molecule has 1 fully saturated rings. The van der Waals surface area contributed by atoms with Gasteiger partial charge in [0.05, 0.1) is 17.1 Å². The number of nitrogens with one attached hydrogen (secondary N) is 2. The highest BCUT2D eigenvalue weighted by Crippen LogP contribution is 2.43. The van der Waals surface area contributed by atoms with Crippen LogP contribution in [0.15, 0.2) is 30.3 Å². The Labute approximate surface area is 196 Å². The van der Waals surface area contributed by atoms with Crippen LogP contribution in [0.1, 0.15) is 34.0 Å². The number of fused-ring (bicyclic) bond motifs is 1. The SMILES string of the molecule is NC(=O)c1nn(CC(=O)O)c2cc(C3CC3NCC(=O)NCc3cccc(Cl)c3F)c(F)cc12. The van der Waals surface area contributed by atoms with E-state index in [1.165, 1.54) is 18.2 Å². The van der Waals surface area contributed by atoms with Crippen LogP contribution in [0.3, 0.4) is 0 Å². The molecule has 0 radical (unpaired) electrons. The van der Waals surface area contributed by atoms with Gasteiger partial charge >= 0.3 is 5.97 Å². The molecule has 2 atom stereocenters. The molecule has 4 rings (SSSR count). The molecule has 3 aromatic rings. The minimum atomic E-state index is -1.18. The molecule has 0 aliphatic heterocycles. The van der Waals surface area contributed by atoms with Crippen molar-refractivity contribution in [3.63, 3.8) is 0 Å². The predicted octanol–water partition coefficient (Wildman–Crippen LogP) is 1.91. The number of hydrogen-bond acceptors (Lipinski definition) is 5. The Hall–Kier alpha value is -3.57. The molecule has 9 nitrogen and oxygen atoms in total. The summed E-state index contributed by atoms with van der Waals surface area (Å²) in [5, 5.41) is 18.7. The van der Waals surface area contributed by atoms with Gasteiger partial charge in [-0.25, -0.2) is 8.78 Å². The number of primary amides is 1.